The van der Waals surface area contributed by atoms with Crippen LogP contribution in [0.5, 0.6) is 0 Å². The number of rotatable bonds is 5. The van der Waals surface area contributed by atoms with Gasteiger partial charge in [-0.1, -0.05) is 12.1 Å². The number of fused-ring (bicyclic) bond motifs is 2. The van der Waals surface area contributed by atoms with E-state index < -0.39 is 16.0 Å². The molecule has 23 heavy (non-hydrogen) atoms. The second-order valence-corrected chi connectivity index (χ2v) is 8.13. The Kier molecular flexibility index (Phi) is 4.70. The van der Waals surface area contributed by atoms with Gasteiger partial charge in [-0.3, -0.25) is 0 Å². The molecule has 2 saturated heterocycles. The minimum atomic E-state index is -3.43. The van der Waals surface area contributed by atoms with E-state index in [1.165, 1.54) is 7.11 Å². The molecule has 0 saturated carbocycles. The largest absolute Gasteiger partial charge is 0.465 e. The number of sulfonamides is 1. The molecule has 0 aromatic heterocycles. The minimum Gasteiger partial charge on any atom is -0.465 e. The summed E-state index contributed by atoms with van der Waals surface area (Å²) in [4.78, 5) is 11.5. The molecule has 2 heterocycles. The van der Waals surface area contributed by atoms with E-state index in [0.717, 1.165) is 25.7 Å². The van der Waals surface area contributed by atoms with Gasteiger partial charge in [-0.05, 0) is 43.4 Å². The van der Waals surface area contributed by atoms with Gasteiger partial charge < -0.3 is 10.1 Å². The van der Waals surface area contributed by atoms with Crippen LogP contribution in [0.2, 0.25) is 0 Å². The molecule has 2 atom stereocenters. The zero-order chi connectivity index (χ0) is 16.4. The number of carbonyl (C=O) groups excluding carboxylic acids is 1. The summed E-state index contributed by atoms with van der Waals surface area (Å²) in [5.41, 5.74) is 0.942. The summed E-state index contributed by atoms with van der Waals surface area (Å²) in [6, 6.07) is 7.42. The Hall–Kier alpha value is -1.44. The number of hydrogen-bond acceptors (Lipinski definition) is 5. The van der Waals surface area contributed by atoms with Gasteiger partial charge in [0.2, 0.25) is 10.0 Å². The fourth-order valence-electron chi connectivity index (χ4n) is 3.57. The highest BCUT2D eigenvalue weighted by atomic mass is 32.2. The second-order valence-electron chi connectivity index (χ2n) is 6.38. The first-order chi connectivity index (χ1) is 10.9. The van der Waals surface area contributed by atoms with Crippen molar-refractivity contribution in [1.82, 2.24) is 10.0 Å². The van der Waals surface area contributed by atoms with Crippen molar-refractivity contribution in [3.05, 3.63) is 35.4 Å². The third kappa shape index (κ3) is 4.10. The lowest BCUT2D eigenvalue weighted by molar-refractivity contribution is 0.0600. The molecule has 2 aliphatic heterocycles. The van der Waals surface area contributed by atoms with Gasteiger partial charge in [0, 0.05) is 18.1 Å². The topological polar surface area (TPSA) is 84.5 Å². The van der Waals surface area contributed by atoms with E-state index in [1.54, 1.807) is 24.3 Å². The van der Waals surface area contributed by atoms with Crippen molar-refractivity contribution < 1.29 is 17.9 Å². The van der Waals surface area contributed by atoms with Crippen LogP contribution >= 0.6 is 0 Å². The van der Waals surface area contributed by atoms with Crippen LogP contribution in [0.3, 0.4) is 0 Å². The summed E-state index contributed by atoms with van der Waals surface area (Å²) in [7, 11) is -2.13. The highest BCUT2D eigenvalue weighted by Crippen LogP contribution is 2.27. The van der Waals surface area contributed by atoms with Crippen LogP contribution in [0.25, 0.3) is 0 Å². The highest BCUT2D eigenvalue weighted by Gasteiger charge is 2.35. The molecule has 2 unspecified atom stereocenters. The van der Waals surface area contributed by atoms with Gasteiger partial charge in [0.05, 0.1) is 18.4 Å². The lowest BCUT2D eigenvalue weighted by Crippen LogP contribution is -2.48. The van der Waals surface area contributed by atoms with E-state index >= 15 is 0 Å². The molecule has 6 nitrogen and oxygen atoms in total. The van der Waals surface area contributed by atoms with E-state index in [1.807, 2.05) is 0 Å². The summed E-state index contributed by atoms with van der Waals surface area (Å²) >= 11 is 0. The average molecular weight is 338 g/mol. The van der Waals surface area contributed by atoms with Crippen LogP contribution in [-0.2, 0) is 20.5 Å². The van der Waals surface area contributed by atoms with Crippen LogP contribution in [0, 0.1) is 0 Å². The van der Waals surface area contributed by atoms with Gasteiger partial charge in [0.1, 0.15) is 0 Å². The molecule has 2 N–H and O–H groups in total. The summed E-state index contributed by atoms with van der Waals surface area (Å²) < 4.78 is 32.3. The monoisotopic (exact) mass is 338 g/mol. The molecule has 1 aromatic rings. The first-order valence-electron chi connectivity index (χ1n) is 7.88. The van der Waals surface area contributed by atoms with E-state index in [4.69, 9.17) is 0 Å². The molecular weight excluding hydrogens is 316 g/mol. The van der Waals surface area contributed by atoms with Crippen LogP contribution < -0.4 is 10.0 Å². The SMILES string of the molecule is COC(=O)c1cccc(CS(=O)(=O)NC2CC3CCC(C2)N3)c1. The summed E-state index contributed by atoms with van der Waals surface area (Å²) in [5, 5.41) is 3.50. The maximum Gasteiger partial charge on any atom is 0.337 e. The van der Waals surface area contributed by atoms with Crippen molar-refractivity contribution in [3.8, 4) is 0 Å². The van der Waals surface area contributed by atoms with E-state index in [0.29, 0.717) is 23.2 Å². The third-order valence-corrected chi connectivity index (χ3v) is 5.93. The number of methoxy groups -OCH3 is 1. The molecule has 2 bridgehead atoms. The molecule has 0 amide bonds. The maximum absolute atomic E-state index is 12.4. The first-order valence-corrected chi connectivity index (χ1v) is 9.54. The molecule has 1 aromatic carbocycles. The predicted octanol–water partition coefficient (Wildman–Crippen LogP) is 1.18. The maximum atomic E-state index is 12.4. The molecule has 126 valence electrons. The van der Waals surface area contributed by atoms with Crippen LogP contribution in [-0.4, -0.2) is 39.6 Å². The number of nitrogens with one attached hydrogen (secondary N) is 2. The smallest absolute Gasteiger partial charge is 0.337 e. The molecule has 0 aliphatic carbocycles. The van der Waals surface area contributed by atoms with Crippen LogP contribution in [0.1, 0.15) is 41.6 Å². The first kappa shape index (κ1) is 16.4. The Morgan fingerprint density at radius 2 is 2.00 bits per heavy atom. The predicted molar refractivity (Wildman–Crippen MR) is 86.5 cm³/mol. The molecule has 3 rings (SSSR count). The fourth-order valence-corrected chi connectivity index (χ4v) is 4.98. The van der Waals surface area contributed by atoms with Crippen molar-refractivity contribution in [1.29, 1.82) is 0 Å². The van der Waals surface area contributed by atoms with E-state index in [2.05, 4.69) is 14.8 Å². The van der Waals surface area contributed by atoms with Crippen molar-refractivity contribution >= 4 is 16.0 Å². The summed E-state index contributed by atoms with van der Waals surface area (Å²) in [5.74, 6) is -0.593. The normalized spacial score (nSPS) is 26.9. The van der Waals surface area contributed by atoms with E-state index in [9.17, 15) is 13.2 Å². The van der Waals surface area contributed by atoms with Gasteiger partial charge in [-0.2, -0.15) is 0 Å². The van der Waals surface area contributed by atoms with Gasteiger partial charge in [0.25, 0.3) is 0 Å². The number of hydrogen-bond donors (Lipinski definition) is 2. The van der Waals surface area contributed by atoms with E-state index in [-0.39, 0.29) is 11.8 Å². The molecular formula is C16H22N2O4S. The molecule has 2 fully saturated rings. The molecule has 2 aliphatic rings. The fraction of sp³-hybridized carbons (Fsp3) is 0.562. The van der Waals surface area contributed by atoms with Gasteiger partial charge in [0.15, 0.2) is 0 Å². The number of ether oxygens (including phenoxy) is 1. The molecule has 7 heteroatoms. The van der Waals surface area contributed by atoms with Crippen molar-refractivity contribution in [3.63, 3.8) is 0 Å². The third-order valence-electron chi connectivity index (χ3n) is 4.52. The van der Waals surface area contributed by atoms with Gasteiger partial charge >= 0.3 is 5.97 Å². The quantitative estimate of drug-likeness (QED) is 0.788. The Morgan fingerprint density at radius 3 is 2.65 bits per heavy atom. The van der Waals surface area contributed by atoms with Crippen molar-refractivity contribution in [2.45, 2.75) is 49.6 Å². The highest BCUT2D eigenvalue weighted by molar-refractivity contribution is 7.88. The minimum absolute atomic E-state index is 0.00235. The number of benzene rings is 1. The number of piperidine rings is 1. The lowest BCUT2D eigenvalue weighted by Gasteiger charge is -2.29. The lowest BCUT2D eigenvalue weighted by atomic mass is 10.0. The average Bonchev–Trinajstić information content (AvgIpc) is 2.84. The summed E-state index contributed by atoms with van der Waals surface area (Å²) in [6.07, 6.45) is 3.95. The molecule has 0 radical (unpaired) electrons. The number of esters is 1. The molecule has 0 spiro atoms. The zero-order valence-electron chi connectivity index (χ0n) is 13.1. The summed E-state index contributed by atoms with van der Waals surface area (Å²) in [6.45, 7) is 0. The number of carbonyl (C=O) groups is 1. The van der Waals surface area contributed by atoms with Crippen molar-refractivity contribution in [2.24, 2.45) is 0 Å². The van der Waals surface area contributed by atoms with Gasteiger partial charge in [-0.25, -0.2) is 17.9 Å². The zero-order valence-corrected chi connectivity index (χ0v) is 13.9. The Labute approximate surface area is 136 Å². The standard InChI is InChI=1S/C16H22N2O4S/c1-22-16(19)12-4-2-3-11(7-12)10-23(20,21)18-15-8-13-5-6-14(9-15)17-13/h2-4,7,13-15,17-18H,5-6,8-10H2,1H3. The Morgan fingerprint density at radius 1 is 1.30 bits per heavy atom. The van der Waals surface area contributed by atoms with Gasteiger partial charge in [-0.15, -0.1) is 0 Å². The second kappa shape index (κ2) is 6.59. The van der Waals surface area contributed by atoms with Crippen LogP contribution in [0.15, 0.2) is 24.3 Å². The van der Waals surface area contributed by atoms with Crippen LogP contribution in [0.4, 0.5) is 0 Å². The Balaban J connectivity index is 1.65. The Bertz CT molecular complexity index is 677. The van der Waals surface area contributed by atoms with Crippen molar-refractivity contribution in [2.75, 3.05) is 7.11 Å².